The molecule has 1 aromatic heterocycles. The van der Waals surface area contributed by atoms with Crippen LogP contribution in [0.2, 0.25) is 0 Å². The maximum absolute atomic E-state index is 13.2. The Hall–Kier alpha value is -2.23. The molecule has 0 spiro atoms. The summed E-state index contributed by atoms with van der Waals surface area (Å²) in [4.78, 5) is 15.4. The summed E-state index contributed by atoms with van der Waals surface area (Å²) in [5.41, 5.74) is 2.27. The number of carboxylic acid groups (broad SMARTS) is 1. The summed E-state index contributed by atoms with van der Waals surface area (Å²) in [5.74, 6) is -2.16. The smallest absolute Gasteiger partial charge is 0.311 e. The van der Waals surface area contributed by atoms with Crippen molar-refractivity contribution in [3.05, 3.63) is 65.2 Å². The van der Waals surface area contributed by atoms with Gasteiger partial charge in [-0.2, -0.15) is 0 Å². The third-order valence-electron chi connectivity index (χ3n) is 2.92. The Morgan fingerprint density at radius 1 is 1.37 bits per heavy atom. The summed E-state index contributed by atoms with van der Waals surface area (Å²) in [6.45, 7) is 1.90. The molecule has 0 aliphatic heterocycles. The number of carbonyl (C=O) groups is 1. The number of rotatable bonds is 4. The van der Waals surface area contributed by atoms with Crippen LogP contribution in [0.25, 0.3) is 0 Å². The molecule has 4 heteroatoms. The highest BCUT2D eigenvalue weighted by Gasteiger charge is 2.20. The molecular formula is C15H14FNO2. The van der Waals surface area contributed by atoms with E-state index in [1.165, 1.54) is 18.2 Å². The molecule has 0 saturated carbocycles. The Labute approximate surface area is 110 Å². The minimum absolute atomic E-state index is 0.299. The second-order valence-corrected chi connectivity index (χ2v) is 4.52. The molecule has 0 saturated heterocycles. The number of halogens is 1. The summed E-state index contributed by atoms with van der Waals surface area (Å²) >= 11 is 0. The second kappa shape index (κ2) is 5.61. The van der Waals surface area contributed by atoms with Crippen LogP contribution in [0.15, 0.2) is 42.7 Å². The van der Waals surface area contributed by atoms with Crippen molar-refractivity contribution in [2.75, 3.05) is 0 Å². The molecular weight excluding hydrogens is 245 g/mol. The van der Waals surface area contributed by atoms with E-state index < -0.39 is 17.7 Å². The highest BCUT2D eigenvalue weighted by molar-refractivity contribution is 5.76. The van der Waals surface area contributed by atoms with Crippen molar-refractivity contribution in [1.82, 2.24) is 4.98 Å². The van der Waals surface area contributed by atoms with Crippen molar-refractivity contribution in [2.24, 2.45) is 0 Å². The minimum Gasteiger partial charge on any atom is -0.481 e. The average molecular weight is 259 g/mol. The van der Waals surface area contributed by atoms with E-state index in [-0.39, 0.29) is 0 Å². The molecule has 1 aromatic carbocycles. The Kier molecular flexibility index (Phi) is 3.90. The quantitative estimate of drug-likeness (QED) is 0.918. The van der Waals surface area contributed by atoms with Crippen LogP contribution in [0.4, 0.5) is 4.39 Å². The number of aliphatic carboxylic acids is 1. The molecule has 0 radical (unpaired) electrons. The molecule has 98 valence electrons. The fourth-order valence-corrected chi connectivity index (χ4v) is 2.04. The first-order chi connectivity index (χ1) is 9.06. The lowest BCUT2D eigenvalue weighted by molar-refractivity contribution is -0.138. The Morgan fingerprint density at radius 3 is 2.79 bits per heavy atom. The Bertz CT molecular complexity index is 598. The number of nitrogens with zero attached hydrogens (tertiary/aromatic N) is 1. The van der Waals surface area contributed by atoms with E-state index in [9.17, 15) is 14.3 Å². The second-order valence-electron chi connectivity index (χ2n) is 4.52. The lowest BCUT2D eigenvalue weighted by Crippen LogP contribution is -2.14. The summed E-state index contributed by atoms with van der Waals surface area (Å²) in [7, 11) is 0. The number of hydrogen-bond donors (Lipinski definition) is 1. The summed E-state index contributed by atoms with van der Waals surface area (Å²) in [6, 6.07) is 7.61. The van der Waals surface area contributed by atoms with Gasteiger partial charge in [-0.3, -0.25) is 9.78 Å². The summed E-state index contributed by atoms with van der Waals surface area (Å²) < 4.78 is 13.2. The molecule has 2 aromatic rings. The van der Waals surface area contributed by atoms with Crippen molar-refractivity contribution < 1.29 is 14.3 Å². The average Bonchev–Trinajstić information content (AvgIpc) is 2.35. The van der Waals surface area contributed by atoms with Gasteiger partial charge in [-0.05, 0) is 42.2 Å². The van der Waals surface area contributed by atoms with Gasteiger partial charge in [-0.25, -0.2) is 4.39 Å². The largest absolute Gasteiger partial charge is 0.481 e. The van der Waals surface area contributed by atoms with E-state index in [1.807, 2.05) is 13.0 Å². The molecule has 0 amide bonds. The van der Waals surface area contributed by atoms with Crippen LogP contribution < -0.4 is 0 Å². The predicted octanol–water partition coefficient (Wildman–Crippen LogP) is 2.94. The third kappa shape index (κ3) is 3.37. The maximum Gasteiger partial charge on any atom is 0.311 e. The molecule has 1 unspecified atom stereocenters. The normalized spacial score (nSPS) is 12.1. The number of aromatic nitrogens is 1. The van der Waals surface area contributed by atoms with Crippen LogP contribution in [0, 0.1) is 12.7 Å². The molecule has 1 heterocycles. The van der Waals surface area contributed by atoms with Gasteiger partial charge in [-0.1, -0.05) is 18.2 Å². The van der Waals surface area contributed by atoms with Crippen LogP contribution in [0.5, 0.6) is 0 Å². The molecule has 0 fully saturated rings. The van der Waals surface area contributed by atoms with E-state index >= 15 is 0 Å². The first-order valence-corrected chi connectivity index (χ1v) is 5.95. The standard InChI is InChI=1S/C15H14FNO2/c1-10-5-11(9-17-8-10)6-14(15(18)19)12-3-2-4-13(16)7-12/h2-5,7-9,14H,6H2,1H3,(H,18,19). The number of benzene rings is 1. The molecule has 2 rings (SSSR count). The molecule has 19 heavy (non-hydrogen) atoms. The van der Waals surface area contributed by atoms with Crippen LogP contribution >= 0.6 is 0 Å². The zero-order chi connectivity index (χ0) is 13.8. The van der Waals surface area contributed by atoms with E-state index in [1.54, 1.807) is 18.5 Å². The monoisotopic (exact) mass is 259 g/mol. The van der Waals surface area contributed by atoms with Gasteiger partial charge in [0.15, 0.2) is 0 Å². The molecule has 3 nitrogen and oxygen atoms in total. The molecule has 1 N–H and O–H groups in total. The topological polar surface area (TPSA) is 50.2 Å². The number of hydrogen-bond acceptors (Lipinski definition) is 2. The van der Waals surface area contributed by atoms with Crippen LogP contribution in [0.1, 0.15) is 22.6 Å². The zero-order valence-electron chi connectivity index (χ0n) is 10.5. The minimum atomic E-state index is -0.966. The number of carboxylic acids is 1. The molecule has 0 aliphatic carbocycles. The van der Waals surface area contributed by atoms with Crippen molar-refractivity contribution in [3.63, 3.8) is 0 Å². The first-order valence-electron chi connectivity index (χ1n) is 5.95. The Morgan fingerprint density at radius 2 is 2.16 bits per heavy atom. The van der Waals surface area contributed by atoms with Gasteiger partial charge >= 0.3 is 5.97 Å². The predicted molar refractivity (Wildman–Crippen MR) is 69.5 cm³/mol. The maximum atomic E-state index is 13.2. The van der Waals surface area contributed by atoms with Gasteiger partial charge in [0.05, 0.1) is 5.92 Å². The molecule has 1 atom stereocenters. The fourth-order valence-electron chi connectivity index (χ4n) is 2.04. The highest BCUT2D eigenvalue weighted by atomic mass is 19.1. The lowest BCUT2D eigenvalue weighted by Gasteiger charge is -2.13. The number of aryl methyl sites for hydroxylation is 1. The van der Waals surface area contributed by atoms with Gasteiger partial charge in [-0.15, -0.1) is 0 Å². The van der Waals surface area contributed by atoms with E-state index in [0.29, 0.717) is 12.0 Å². The fraction of sp³-hybridized carbons (Fsp3) is 0.200. The van der Waals surface area contributed by atoms with Crippen molar-refractivity contribution in [3.8, 4) is 0 Å². The van der Waals surface area contributed by atoms with Gasteiger partial charge in [0.25, 0.3) is 0 Å². The molecule has 0 bridgehead atoms. The summed E-state index contributed by atoms with van der Waals surface area (Å²) in [5, 5.41) is 9.31. The van der Waals surface area contributed by atoms with Crippen LogP contribution in [0.3, 0.4) is 0 Å². The van der Waals surface area contributed by atoms with E-state index in [4.69, 9.17) is 0 Å². The Balaban J connectivity index is 2.29. The third-order valence-corrected chi connectivity index (χ3v) is 2.92. The zero-order valence-corrected chi connectivity index (χ0v) is 10.5. The van der Waals surface area contributed by atoms with Gasteiger partial charge in [0, 0.05) is 12.4 Å². The van der Waals surface area contributed by atoms with Crippen molar-refractivity contribution in [1.29, 1.82) is 0 Å². The van der Waals surface area contributed by atoms with Crippen LogP contribution in [-0.4, -0.2) is 16.1 Å². The molecule has 0 aliphatic rings. The SMILES string of the molecule is Cc1cncc(CC(C(=O)O)c2cccc(F)c2)c1. The van der Waals surface area contributed by atoms with Gasteiger partial charge in [0.2, 0.25) is 0 Å². The van der Waals surface area contributed by atoms with Gasteiger partial charge < -0.3 is 5.11 Å². The van der Waals surface area contributed by atoms with Gasteiger partial charge in [0.1, 0.15) is 5.82 Å². The van der Waals surface area contributed by atoms with Crippen LogP contribution in [-0.2, 0) is 11.2 Å². The van der Waals surface area contributed by atoms with Crippen molar-refractivity contribution in [2.45, 2.75) is 19.3 Å². The van der Waals surface area contributed by atoms with Crippen molar-refractivity contribution >= 4 is 5.97 Å². The summed E-state index contributed by atoms with van der Waals surface area (Å²) in [6.07, 6.45) is 3.65. The highest BCUT2D eigenvalue weighted by Crippen LogP contribution is 2.22. The lowest BCUT2D eigenvalue weighted by atomic mass is 9.92. The van der Waals surface area contributed by atoms with E-state index in [2.05, 4.69) is 4.98 Å². The van der Waals surface area contributed by atoms with E-state index in [0.717, 1.165) is 11.1 Å². The number of pyridine rings is 1. The first kappa shape index (κ1) is 13.2.